The molecule has 0 radical (unpaired) electrons. The van der Waals surface area contributed by atoms with Gasteiger partial charge in [-0.1, -0.05) is 48.1 Å². The van der Waals surface area contributed by atoms with Gasteiger partial charge >= 0.3 is 0 Å². The zero-order chi connectivity index (χ0) is 19.2. The molecule has 0 saturated carbocycles. The van der Waals surface area contributed by atoms with Crippen LogP contribution in [0.4, 0.5) is 0 Å². The second-order valence-electron chi connectivity index (χ2n) is 4.73. The van der Waals surface area contributed by atoms with Gasteiger partial charge in [0.1, 0.15) is 0 Å². The van der Waals surface area contributed by atoms with Gasteiger partial charge in [-0.2, -0.15) is 0 Å². The van der Waals surface area contributed by atoms with E-state index in [1.807, 2.05) is 36.4 Å². The Bertz CT molecular complexity index is 1360. The van der Waals surface area contributed by atoms with Gasteiger partial charge < -0.3 is 0 Å². The van der Waals surface area contributed by atoms with Crippen molar-refractivity contribution in [3.05, 3.63) is 47.5 Å². The molecule has 0 aliphatic heterocycles. The fourth-order valence-corrected chi connectivity index (χ4v) is 2.02. The van der Waals surface area contributed by atoms with Crippen LogP contribution in [0.5, 0.6) is 0 Å². The molecule has 0 atom stereocenters. The molecular weight excluding hydrogens is 324 g/mol. The smallest absolute Gasteiger partial charge is 0.0490 e. The van der Waals surface area contributed by atoms with Gasteiger partial charge in [-0.05, 0) is 94.8 Å². The highest BCUT2D eigenvalue weighted by molar-refractivity contribution is 5.90. The molecule has 0 saturated heterocycles. The van der Waals surface area contributed by atoms with Crippen LogP contribution in [0.3, 0.4) is 0 Å². The topological polar surface area (TPSA) is 0 Å². The standard InChI is InChI=1S/C27H10/c1-3-5-7-9-11-13-15-20-26-24(18-14-12-10-8-6-4-2)22-23-25-19-16-17-21-27(25)26/h2,16-17,19,21-23H,1H3. The second-order valence-corrected chi connectivity index (χ2v) is 4.73. The van der Waals surface area contributed by atoms with E-state index in [1.54, 1.807) is 6.92 Å². The van der Waals surface area contributed by atoms with E-state index >= 15 is 0 Å². The Morgan fingerprint density at radius 3 is 2.00 bits per heavy atom. The molecule has 0 amide bonds. The van der Waals surface area contributed by atoms with Crippen molar-refractivity contribution in [3.63, 3.8) is 0 Å². The first kappa shape index (κ1) is 18.5. The molecule has 118 valence electrons. The molecule has 0 nitrogen and oxygen atoms in total. The van der Waals surface area contributed by atoms with E-state index < -0.39 is 0 Å². The third-order valence-corrected chi connectivity index (χ3v) is 3.07. The Labute approximate surface area is 160 Å². The lowest BCUT2D eigenvalue weighted by molar-refractivity contribution is 1.64. The zero-order valence-electron chi connectivity index (χ0n) is 14.5. The van der Waals surface area contributed by atoms with Crippen molar-refractivity contribution < 1.29 is 0 Å². The van der Waals surface area contributed by atoms with Crippen LogP contribution >= 0.6 is 0 Å². The van der Waals surface area contributed by atoms with Gasteiger partial charge in [-0.15, -0.1) is 6.42 Å². The Hall–Kier alpha value is -4.82. The molecule has 0 fully saturated rings. The van der Waals surface area contributed by atoms with Gasteiger partial charge in [-0.25, -0.2) is 0 Å². The summed E-state index contributed by atoms with van der Waals surface area (Å²) < 4.78 is 0. The van der Waals surface area contributed by atoms with Crippen LogP contribution in [0.25, 0.3) is 10.8 Å². The zero-order valence-corrected chi connectivity index (χ0v) is 14.5. The van der Waals surface area contributed by atoms with E-state index in [2.05, 4.69) is 88.8 Å². The summed E-state index contributed by atoms with van der Waals surface area (Å²) in [5, 5.41) is 2.07. The maximum absolute atomic E-state index is 5.03. The van der Waals surface area contributed by atoms with Crippen LogP contribution in [-0.4, -0.2) is 0 Å². The third-order valence-electron chi connectivity index (χ3n) is 3.07. The number of benzene rings is 2. The highest BCUT2D eigenvalue weighted by Gasteiger charge is 2.03. The van der Waals surface area contributed by atoms with Gasteiger partial charge in [0.05, 0.1) is 0 Å². The van der Waals surface area contributed by atoms with E-state index in [1.165, 1.54) is 0 Å². The lowest BCUT2D eigenvalue weighted by Crippen LogP contribution is -1.86. The predicted octanol–water partition coefficient (Wildman–Crippen LogP) is 3.21. The Morgan fingerprint density at radius 2 is 1.26 bits per heavy atom. The van der Waals surface area contributed by atoms with E-state index in [0.717, 1.165) is 21.9 Å². The first-order valence-electron chi connectivity index (χ1n) is 7.78. The Morgan fingerprint density at radius 1 is 0.630 bits per heavy atom. The summed E-state index contributed by atoms with van der Waals surface area (Å²) in [6, 6.07) is 11.9. The molecule has 0 N–H and O–H groups in total. The Balaban J connectivity index is 2.47. The lowest BCUT2D eigenvalue weighted by Gasteiger charge is -2.03. The minimum atomic E-state index is 0.769. The minimum absolute atomic E-state index is 0.769. The number of fused-ring (bicyclic) bond motifs is 1. The molecule has 0 aromatic heterocycles. The molecule has 0 spiro atoms. The van der Waals surface area contributed by atoms with Crippen LogP contribution < -0.4 is 0 Å². The van der Waals surface area contributed by atoms with Gasteiger partial charge in [0.25, 0.3) is 0 Å². The van der Waals surface area contributed by atoms with Crippen molar-refractivity contribution in [1.82, 2.24) is 0 Å². The summed E-state index contributed by atoms with van der Waals surface area (Å²) in [7, 11) is 0. The Kier molecular flexibility index (Phi) is 7.45. The molecule has 0 aliphatic carbocycles. The third kappa shape index (κ3) is 5.95. The quantitative estimate of drug-likeness (QED) is 0.649. The average Bonchev–Trinajstić information content (AvgIpc) is 2.70. The van der Waals surface area contributed by atoms with Crippen LogP contribution in [0.15, 0.2) is 36.4 Å². The van der Waals surface area contributed by atoms with E-state index in [0.29, 0.717) is 0 Å². The summed E-state index contributed by atoms with van der Waals surface area (Å²) in [5.41, 5.74) is 1.57. The maximum atomic E-state index is 5.03. The maximum Gasteiger partial charge on any atom is 0.0490 e. The highest BCUT2D eigenvalue weighted by atomic mass is 14.0. The van der Waals surface area contributed by atoms with Crippen LogP contribution in [0.2, 0.25) is 0 Å². The molecule has 0 bridgehead atoms. The van der Waals surface area contributed by atoms with Gasteiger partial charge in [0, 0.05) is 11.1 Å². The lowest BCUT2D eigenvalue weighted by atomic mass is 9.99. The van der Waals surface area contributed by atoms with Crippen LogP contribution in [-0.2, 0) is 0 Å². The summed E-state index contributed by atoms with van der Waals surface area (Å²) in [6.45, 7) is 1.72. The normalized spacial score (nSPS) is 6.81. The summed E-state index contributed by atoms with van der Waals surface area (Å²) >= 11 is 0. The average molecular weight is 334 g/mol. The molecule has 2 aromatic carbocycles. The summed E-state index contributed by atoms with van der Waals surface area (Å²) in [5.74, 6) is 39.9. The van der Waals surface area contributed by atoms with Gasteiger partial charge in [0.2, 0.25) is 0 Å². The molecular formula is C27H10. The molecule has 0 unspecified atom stereocenters. The van der Waals surface area contributed by atoms with Gasteiger partial charge in [-0.3, -0.25) is 0 Å². The van der Waals surface area contributed by atoms with Crippen molar-refractivity contribution in [2.24, 2.45) is 0 Å². The largest absolute Gasteiger partial charge is 0.106 e. The molecule has 2 rings (SSSR count). The van der Waals surface area contributed by atoms with Crippen molar-refractivity contribution >= 4 is 10.8 Å². The SMILES string of the molecule is C#CC#CC#CC#Cc1ccc2ccccc2c1C#CC#CC#CC#CC. The fourth-order valence-electron chi connectivity index (χ4n) is 2.02. The van der Waals surface area contributed by atoms with E-state index in [4.69, 9.17) is 6.42 Å². The fraction of sp³-hybridized carbons (Fsp3) is 0.0370. The van der Waals surface area contributed by atoms with Crippen molar-refractivity contribution in [3.8, 4) is 95.2 Å². The van der Waals surface area contributed by atoms with Crippen molar-refractivity contribution in [1.29, 1.82) is 0 Å². The van der Waals surface area contributed by atoms with E-state index in [9.17, 15) is 0 Å². The number of rotatable bonds is 0. The van der Waals surface area contributed by atoms with Crippen molar-refractivity contribution in [2.45, 2.75) is 6.92 Å². The molecule has 0 heteroatoms. The predicted molar refractivity (Wildman–Crippen MR) is 111 cm³/mol. The minimum Gasteiger partial charge on any atom is -0.106 e. The second kappa shape index (κ2) is 10.9. The first-order chi connectivity index (χ1) is 13.4. The monoisotopic (exact) mass is 334 g/mol. The summed E-state index contributed by atoms with van der Waals surface area (Å²) in [6.07, 6.45) is 5.03. The molecule has 0 aliphatic rings. The molecule has 27 heavy (non-hydrogen) atoms. The first-order valence-corrected chi connectivity index (χ1v) is 7.78. The summed E-state index contributed by atoms with van der Waals surface area (Å²) in [4.78, 5) is 0. The number of hydrogen-bond acceptors (Lipinski definition) is 0. The van der Waals surface area contributed by atoms with E-state index in [-0.39, 0.29) is 0 Å². The van der Waals surface area contributed by atoms with Crippen LogP contribution in [0, 0.1) is 95.2 Å². The van der Waals surface area contributed by atoms with Gasteiger partial charge in [0.15, 0.2) is 0 Å². The molecule has 0 heterocycles. The number of hydrogen-bond donors (Lipinski definition) is 0. The molecule has 2 aromatic rings. The van der Waals surface area contributed by atoms with Crippen LogP contribution in [0.1, 0.15) is 18.1 Å². The highest BCUT2D eigenvalue weighted by Crippen LogP contribution is 2.21. The number of terminal acetylenes is 1. The van der Waals surface area contributed by atoms with Crippen molar-refractivity contribution in [2.75, 3.05) is 0 Å².